The van der Waals surface area contributed by atoms with E-state index in [4.69, 9.17) is 0 Å². The van der Waals surface area contributed by atoms with Crippen molar-refractivity contribution in [3.8, 4) is 0 Å². The van der Waals surface area contributed by atoms with E-state index in [0.29, 0.717) is 12.0 Å². The molecule has 0 amide bonds. The van der Waals surface area contributed by atoms with E-state index in [2.05, 4.69) is 79.7 Å². The summed E-state index contributed by atoms with van der Waals surface area (Å²) in [5, 5.41) is 6.91. The largest absolute Gasteiger partial charge is 0.355 e. The molecule has 1 aromatic rings. The monoisotopic (exact) mass is 432 g/mol. The Morgan fingerprint density at radius 1 is 1.13 bits per heavy atom. The van der Waals surface area contributed by atoms with Gasteiger partial charge in [-0.25, -0.2) is 0 Å². The predicted molar refractivity (Wildman–Crippen MR) is 112 cm³/mol. The van der Waals surface area contributed by atoms with E-state index in [1.54, 1.807) is 0 Å². The number of aliphatic imine (C=N–C) groups is 1. The highest BCUT2D eigenvalue weighted by molar-refractivity contribution is 14.0. The first-order valence-electron chi connectivity index (χ1n) is 8.12. The number of guanidine groups is 1. The molecule has 0 aliphatic carbocycles. The van der Waals surface area contributed by atoms with Gasteiger partial charge in [0.1, 0.15) is 0 Å². The molecule has 0 aliphatic rings. The van der Waals surface area contributed by atoms with Gasteiger partial charge in [0.25, 0.3) is 0 Å². The van der Waals surface area contributed by atoms with Gasteiger partial charge >= 0.3 is 0 Å². The summed E-state index contributed by atoms with van der Waals surface area (Å²) in [6, 6.07) is 11.2. The zero-order valence-corrected chi connectivity index (χ0v) is 17.7. The molecule has 23 heavy (non-hydrogen) atoms. The normalized spacial score (nSPS) is 14.3. The van der Waals surface area contributed by atoms with Crippen LogP contribution in [0.4, 0.5) is 0 Å². The lowest BCUT2D eigenvalue weighted by molar-refractivity contribution is 0.254. The Balaban J connectivity index is 0.00000484. The molecule has 1 rings (SSSR count). The van der Waals surface area contributed by atoms with Crippen LogP contribution in [0.15, 0.2) is 35.3 Å². The summed E-state index contributed by atoms with van der Waals surface area (Å²) in [6.45, 7) is 7.58. The molecule has 0 bridgehead atoms. The van der Waals surface area contributed by atoms with Crippen LogP contribution in [0, 0.1) is 5.92 Å². The minimum Gasteiger partial charge on any atom is -0.355 e. The topological polar surface area (TPSA) is 39.7 Å². The second kappa shape index (κ2) is 11.7. The number of halogens is 1. The maximum atomic E-state index is 4.34. The van der Waals surface area contributed by atoms with Crippen LogP contribution in [0.3, 0.4) is 0 Å². The fraction of sp³-hybridized carbons (Fsp3) is 0.611. The first-order valence-corrected chi connectivity index (χ1v) is 8.12. The van der Waals surface area contributed by atoms with Crippen molar-refractivity contribution in [2.75, 3.05) is 27.7 Å². The van der Waals surface area contributed by atoms with Crippen molar-refractivity contribution < 1.29 is 0 Å². The number of benzene rings is 1. The quantitative estimate of drug-likeness (QED) is 0.394. The number of likely N-dealkylation sites (N-methyl/N-ethyl adjacent to an activating group) is 1. The Bertz CT molecular complexity index is 446. The highest BCUT2D eigenvalue weighted by Gasteiger charge is 2.14. The van der Waals surface area contributed by atoms with Crippen LogP contribution >= 0.6 is 24.0 Å². The molecule has 2 atom stereocenters. The van der Waals surface area contributed by atoms with Crippen molar-refractivity contribution in [1.29, 1.82) is 0 Å². The summed E-state index contributed by atoms with van der Waals surface area (Å²) in [5.74, 6) is 1.54. The van der Waals surface area contributed by atoms with E-state index in [1.165, 1.54) is 12.0 Å². The van der Waals surface area contributed by atoms with Gasteiger partial charge in [0.05, 0.1) is 6.04 Å². The van der Waals surface area contributed by atoms with Gasteiger partial charge < -0.3 is 15.5 Å². The fourth-order valence-corrected chi connectivity index (χ4v) is 2.46. The number of hydrogen-bond donors (Lipinski definition) is 2. The molecule has 132 valence electrons. The molecule has 2 unspecified atom stereocenters. The highest BCUT2D eigenvalue weighted by atomic mass is 127. The Hall–Kier alpha value is -0.820. The van der Waals surface area contributed by atoms with Crippen LogP contribution in [-0.2, 0) is 0 Å². The Labute approximate surface area is 159 Å². The molecule has 0 fully saturated rings. The molecule has 5 heteroatoms. The zero-order valence-electron chi connectivity index (χ0n) is 15.3. The smallest absolute Gasteiger partial charge is 0.191 e. The number of rotatable bonds is 7. The number of nitrogens with zero attached hydrogens (tertiary/aromatic N) is 2. The average Bonchev–Trinajstić information content (AvgIpc) is 2.50. The number of hydrogen-bond acceptors (Lipinski definition) is 2. The van der Waals surface area contributed by atoms with Crippen LogP contribution in [0.2, 0.25) is 0 Å². The Kier molecular flexibility index (Phi) is 11.3. The van der Waals surface area contributed by atoms with Gasteiger partial charge in [-0.05, 0) is 38.9 Å². The highest BCUT2D eigenvalue weighted by Crippen LogP contribution is 2.11. The van der Waals surface area contributed by atoms with Crippen LogP contribution in [0.25, 0.3) is 0 Å². The van der Waals surface area contributed by atoms with Gasteiger partial charge in [-0.1, -0.05) is 44.2 Å². The van der Waals surface area contributed by atoms with Crippen molar-refractivity contribution in [2.45, 2.75) is 39.3 Å². The lowest BCUT2D eigenvalue weighted by atomic mass is 10.0. The summed E-state index contributed by atoms with van der Waals surface area (Å²) in [6.07, 6.45) is 1.17. The predicted octanol–water partition coefficient (Wildman–Crippen LogP) is 3.51. The molecule has 0 aromatic heterocycles. The van der Waals surface area contributed by atoms with Crippen molar-refractivity contribution in [1.82, 2.24) is 15.5 Å². The van der Waals surface area contributed by atoms with Crippen molar-refractivity contribution in [3.63, 3.8) is 0 Å². The van der Waals surface area contributed by atoms with E-state index in [-0.39, 0.29) is 30.0 Å². The second-order valence-corrected chi connectivity index (χ2v) is 6.48. The lowest BCUT2D eigenvalue weighted by Crippen LogP contribution is -2.46. The van der Waals surface area contributed by atoms with Gasteiger partial charge in [0.2, 0.25) is 0 Å². The Morgan fingerprint density at radius 2 is 1.74 bits per heavy atom. The summed E-state index contributed by atoms with van der Waals surface area (Å²) in [4.78, 5) is 6.62. The summed E-state index contributed by atoms with van der Waals surface area (Å²) in [7, 11) is 6.09. The molecule has 0 spiro atoms. The van der Waals surface area contributed by atoms with Crippen LogP contribution in [0.1, 0.15) is 38.8 Å². The minimum absolute atomic E-state index is 0. The third kappa shape index (κ3) is 8.55. The fourth-order valence-electron chi connectivity index (χ4n) is 2.46. The summed E-state index contributed by atoms with van der Waals surface area (Å²) in [5.41, 5.74) is 1.26. The average molecular weight is 432 g/mol. The van der Waals surface area contributed by atoms with Gasteiger partial charge in [-0.3, -0.25) is 4.99 Å². The second-order valence-electron chi connectivity index (χ2n) is 6.48. The maximum absolute atomic E-state index is 4.34. The van der Waals surface area contributed by atoms with Crippen LogP contribution < -0.4 is 10.6 Å². The standard InChI is InChI=1S/C18H32N4.HI/c1-14(2)12-17(22(5)6)13-20-18(19-4)21-15(3)16-10-8-7-9-11-16;/h7-11,14-15,17H,12-13H2,1-6H3,(H2,19,20,21);1H. The first-order chi connectivity index (χ1) is 10.4. The van der Waals surface area contributed by atoms with E-state index >= 15 is 0 Å². The molecule has 0 heterocycles. The first kappa shape index (κ1) is 22.2. The lowest BCUT2D eigenvalue weighted by Gasteiger charge is -2.27. The molecular weight excluding hydrogens is 399 g/mol. The van der Waals surface area contributed by atoms with E-state index in [0.717, 1.165) is 12.5 Å². The van der Waals surface area contributed by atoms with Gasteiger partial charge in [0, 0.05) is 19.6 Å². The molecule has 0 radical (unpaired) electrons. The van der Waals surface area contributed by atoms with Crippen LogP contribution in [0.5, 0.6) is 0 Å². The third-order valence-electron chi connectivity index (χ3n) is 3.86. The molecule has 0 saturated heterocycles. The SMILES string of the molecule is CN=C(NCC(CC(C)C)N(C)C)NC(C)c1ccccc1.I. The van der Waals surface area contributed by atoms with E-state index < -0.39 is 0 Å². The molecule has 0 saturated carbocycles. The molecule has 4 nitrogen and oxygen atoms in total. The summed E-state index contributed by atoms with van der Waals surface area (Å²) < 4.78 is 0. The van der Waals surface area contributed by atoms with E-state index in [9.17, 15) is 0 Å². The van der Waals surface area contributed by atoms with Crippen molar-refractivity contribution in [3.05, 3.63) is 35.9 Å². The van der Waals surface area contributed by atoms with Gasteiger partial charge in [-0.2, -0.15) is 0 Å². The molecule has 0 aliphatic heterocycles. The van der Waals surface area contributed by atoms with Crippen LogP contribution in [-0.4, -0.2) is 44.6 Å². The molecule has 1 aromatic carbocycles. The zero-order chi connectivity index (χ0) is 16.5. The van der Waals surface area contributed by atoms with Gasteiger partial charge in [-0.15, -0.1) is 24.0 Å². The van der Waals surface area contributed by atoms with Gasteiger partial charge in [0.15, 0.2) is 5.96 Å². The Morgan fingerprint density at radius 3 is 2.22 bits per heavy atom. The van der Waals surface area contributed by atoms with E-state index in [1.807, 2.05) is 13.1 Å². The summed E-state index contributed by atoms with van der Waals surface area (Å²) >= 11 is 0. The maximum Gasteiger partial charge on any atom is 0.191 e. The molecular formula is C18H33IN4. The van der Waals surface area contributed by atoms with Crippen molar-refractivity contribution in [2.24, 2.45) is 10.9 Å². The minimum atomic E-state index is 0. The third-order valence-corrected chi connectivity index (χ3v) is 3.86. The number of nitrogens with one attached hydrogen (secondary N) is 2. The molecule has 2 N–H and O–H groups in total. The van der Waals surface area contributed by atoms with Crippen molar-refractivity contribution >= 4 is 29.9 Å².